The van der Waals surface area contributed by atoms with Gasteiger partial charge in [-0.2, -0.15) is 5.10 Å². The molecule has 0 fully saturated rings. The predicted octanol–water partition coefficient (Wildman–Crippen LogP) is 3.54. The highest BCUT2D eigenvalue weighted by atomic mass is 19.1. The number of methoxy groups -OCH3 is 1. The fourth-order valence-corrected chi connectivity index (χ4v) is 2.55. The number of halogens is 1. The lowest BCUT2D eigenvalue weighted by Crippen LogP contribution is -2.15. The molecule has 0 unspecified atom stereocenters. The molecule has 29 heavy (non-hydrogen) atoms. The number of nitrogens with zero attached hydrogens (tertiary/aromatic N) is 3. The number of nitro groups is 1. The maximum absolute atomic E-state index is 13.4. The molecule has 1 aromatic heterocycles. The minimum absolute atomic E-state index is 0.103. The number of ether oxygens (including phenoxy) is 2. The summed E-state index contributed by atoms with van der Waals surface area (Å²) in [7, 11) is 1.50. The Morgan fingerprint density at radius 2 is 2.03 bits per heavy atom. The molecule has 3 aromatic rings. The number of rotatable bonds is 7. The van der Waals surface area contributed by atoms with Gasteiger partial charge >= 0.3 is 5.69 Å². The van der Waals surface area contributed by atoms with E-state index in [1.165, 1.54) is 24.1 Å². The van der Waals surface area contributed by atoms with Crippen LogP contribution in [0.1, 0.15) is 16.1 Å². The molecule has 150 valence electrons. The number of carbonyl (C=O) groups excluding carboxylic acids is 1. The molecule has 0 bridgehead atoms. The summed E-state index contributed by atoms with van der Waals surface area (Å²) in [5, 5.41) is 17.8. The van der Waals surface area contributed by atoms with E-state index in [1.807, 2.05) is 13.0 Å². The van der Waals surface area contributed by atoms with Gasteiger partial charge in [-0.15, -0.1) is 0 Å². The van der Waals surface area contributed by atoms with E-state index in [9.17, 15) is 19.3 Å². The van der Waals surface area contributed by atoms with Crippen LogP contribution >= 0.6 is 0 Å². The van der Waals surface area contributed by atoms with Gasteiger partial charge in [0, 0.05) is 18.3 Å². The van der Waals surface area contributed by atoms with E-state index in [-0.39, 0.29) is 23.9 Å². The standard InChI is InChI=1S/C19H17FN4O5/c1-12-3-6-17(28-2)15(9-12)21-19(25)14-7-8-23(22-14)11-29-18-10-13(20)4-5-16(18)24(26)27/h3-10H,11H2,1-2H3,(H,21,25). The smallest absolute Gasteiger partial charge is 0.311 e. The summed E-state index contributed by atoms with van der Waals surface area (Å²) in [6.45, 7) is 1.64. The van der Waals surface area contributed by atoms with Gasteiger partial charge in [-0.1, -0.05) is 6.07 Å². The van der Waals surface area contributed by atoms with Crippen LogP contribution in [0.4, 0.5) is 15.8 Å². The van der Waals surface area contributed by atoms with E-state index in [1.54, 1.807) is 12.1 Å². The highest BCUT2D eigenvalue weighted by Crippen LogP contribution is 2.28. The van der Waals surface area contributed by atoms with Crippen LogP contribution in [-0.2, 0) is 6.73 Å². The first kappa shape index (κ1) is 19.8. The highest BCUT2D eigenvalue weighted by Gasteiger charge is 2.17. The molecule has 0 aliphatic carbocycles. The minimum atomic E-state index is -0.675. The van der Waals surface area contributed by atoms with E-state index in [0.717, 1.165) is 23.8 Å². The van der Waals surface area contributed by atoms with Crippen LogP contribution in [0.3, 0.4) is 0 Å². The Hall–Kier alpha value is -3.95. The molecule has 0 aliphatic heterocycles. The summed E-state index contributed by atoms with van der Waals surface area (Å²) in [6.07, 6.45) is 1.47. The summed E-state index contributed by atoms with van der Waals surface area (Å²) >= 11 is 0. The van der Waals surface area contributed by atoms with Crippen LogP contribution in [0.25, 0.3) is 0 Å². The lowest BCUT2D eigenvalue weighted by molar-refractivity contribution is -0.386. The second-order valence-electron chi connectivity index (χ2n) is 6.04. The Morgan fingerprint density at radius 3 is 2.76 bits per heavy atom. The van der Waals surface area contributed by atoms with Crippen molar-refractivity contribution < 1.29 is 23.6 Å². The maximum atomic E-state index is 13.4. The molecule has 9 nitrogen and oxygen atoms in total. The zero-order valence-electron chi connectivity index (χ0n) is 15.6. The number of nitrogens with one attached hydrogen (secondary N) is 1. The molecule has 0 saturated carbocycles. The molecule has 0 radical (unpaired) electrons. The summed E-state index contributed by atoms with van der Waals surface area (Å²) in [5.74, 6) is -0.867. The Kier molecular flexibility index (Phi) is 5.72. The molecule has 1 N–H and O–H groups in total. The molecule has 1 heterocycles. The van der Waals surface area contributed by atoms with E-state index in [2.05, 4.69) is 10.4 Å². The van der Waals surface area contributed by atoms with Crippen molar-refractivity contribution in [1.82, 2.24) is 9.78 Å². The minimum Gasteiger partial charge on any atom is -0.495 e. The molecular formula is C19H17FN4O5. The third-order valence-corrected chi connectivity index (χ3v) is 3.95. The Morgan fingerprint density at radius 1 is 1.24 bits per heavy atom. The van der Waals surface area contributed by atoms with Gasteiger partial charge in [0.05, 0.1) is 17.7 Å². The number of hydrogen-bond donors (Lipinski definition) is 1. The van der Waals surface area contributed by atoms with Crippen LogP contribution in [0.15, 0.2) is 48.7 Å². The molecule has 0 atom stereocenters. The van der Waals surface area contributed by atoms with Crippen LogP contribution in [-0.4, -0.2) is 27.7 Å². The Balaban J connectivity index is 1.70. The molecule has 3 rings (SSSR count). The number of hydrogen-bond acceptors (Lipinski definition) is 6. The highest BCUT2D eigenvalue weighted by molar-refractivity contribution is 6.03. The number of aryl methyl sites for hydroxylation is 1. The van der Waals surface area contributed by atoms with E-state index in [4.69, 9.17) is 9.47 Å². The first-order valence-corrected chi connectivity index (χ1v) is 8.43. The number of benzene rings is 2. The molecule has 0 saturated heterocycles. The largest absolute Gasteiger partial charge is 0.495 e. The SMILES string of the molecule is COc1ccc(C)cc1NC(=O)c1ccn(COc2cc(F)ccc2[N+](=O)[O-])n1. The normalized spacial score (nSPS) is 10.4. The van der Waals surface area contributed by atoms with Crippen molar-refractivity contribution in [3.8, 4) is 11.5 Å². The van der Waals surface area contributed by atoms with Gasteiger partial charge in [-0.05, 0) is 36.8 Å². The number of amides is 1. The van der Waals surface area contributed by atoms with Crippen LogP contribution in [0.2, 0.25) is 0 Å². The van der Waals surface area contributed by atoms with Gasteiger partial charge in [-0.3, -0.25) is 14.9 Å². The third-order valence-electron chi connectivity index (χ3n) is 3.95. The summed E-state index contributed by atoms with van der Waals surface area (Å²) in [4.78, 5) is 22.8. The van der Waals surface area contributed by atoms with Crippen LogP contribution in [0.5, 0.6) is 11.5 Å². The van der Waals surface area contributed by atoms with Gasteiger partial charge in [0.1, 0.15) is 11.6 Å². The van der Waals surface area contributed by atoms with Crippen molar-refractivity contribution >= 4 is 17.3 Å². The lowest BCUT2D eigenvalue weighted by atomic mass is 10.2. The van der Waals surface area contributed by atoms with Crippen molar-refractivity contribution in [3.63, 3.8) is 0 Å². The van der Waals surface area contributed by atoms with Crippen molar-refractivity contribution in [2.45, 2.75) is 13.7 Å². The number of anilines is 1. The topological polar surface area (TPSA) is 109 Å². The molecule has 2 aromatic carbocycles. The van der Waals surface area contributed by atoms with Gasteiger partial charge in [0.2, 0.25) is 5.75 Å². The fourth-order valence-electron chi connectivity index (χ4n) is 2.55. The Bertz CT molecular complexity index is 1070. The zero-order chi connectivity index (χ0) is 21.0. The molecule has 0 aliphatic rings. The van der Waals surface area contributed by atoms with Crippen molar-refractivity contribution in [2.75, 3.05) is 12.4 Å². The Labute approximate surface area is 164 Å². The van der Waals surface area contributed by atoms with Crippen LogP contribution in [0, 0.1) is 22.9 Å². The maximum Gasteiger partial charge on any atom is 0.311 e. The average molecular weight is 400 g/mol. The quantitative estimate of drug-likeness (QED) is 0.480. The van der Waals surface area contributed by atoms with Crippen molar-refractivity contribution in [1.29, 1.82) is 0 Å². The van der Waals surface area contributed by atoms with Crippen molar-refractivity contribution in [3.05, 3.63) is 75.9 Å². The van der Waals surface area contributed by atoms with Gasteiger partial charge in [0.15, 0.2) is 12.4 Å². The summed E-state index contributed by atoms with van der Waals surface area (Å²) in [5.41, 5.74) is 1.17. The lowest BCUT2D eigenvalue weighted by Gasteiger charge is -2.10. The fraction of sp³-hybridized carbons (Fsp3) is 0.158. The van der Waals surface area contributed by atoms with E-state index >= 15 is 0 Å². The third kappa shape index (κ3) is 4.67. The van der Waals surface area contributed by atoms with Gasteiger partial charge in [0.25, 0.3) is 5.91 Å². The average Bonchev–Trinajstić information content (AvgIpc) is 3.15. The van der Waals surface area contributed by atoms with E-state index in [0.29, 0.717) is 11.4 Å². The first-order chi connectivity index (χ1) is 13.9. The monoisotopic (exact) mass is 400 g/mol. The van der Waals surface area contributed by atoms with Crippen molar-refractivity contribution in [2.24, 2.45) is 0 Å². The molecule has 0 spiro atoms. The zero-order valence-corrected chi connectivity index (χ0v) is 15.6. The summed E-state index contributed by atoms with van der Waals surface area (Å²) < 4.78 is 25.1. The first-order valence-electron chi connectivity index (χ1n) is 8.43. The van der Waals surface area contributed by atoms with E-state index < -0.39 is 16.6 Å². The second kappa shape index (κ2) is 8.38. The number of aromatic nitrogens is 2. The number of nitro benzene ring substituents is 1. The second-order valence-corrected chi connectivity index (χ2v) is 6.04. The molecule has 10 heteroatoms. The molecular weight excluding hydrogens is 383 g/mol. The molecule has 1 amide bonds. The predicted molar refractivity (Wildman–Crippen MR) is 102 cm³/mol. The van der Waals surface area contributed by atoms with Gasteiger partial charge in [-0.25, -0.2) is 9.07 Å². The summed E-state index contributed by atoms with van der Waals surface area (Å²) in [6, 6.07) is 9.72. The van der Waals surface area contributed by atoms with Crippen LogP contribution < -0.4 is 14.8 Å². The van der Waals surface area contributed by atoms with Gasteiger partial charge < -0.3 is 14.8 Å². The number of carbonyl (C=O) groups is 1.